The summed E-state index contributed by atoms with van der Waals surface area (Å²) in [5.41, 5.74) is 1.33. The number of hydrogen-bond acceptors (Lipinski definition) is 5. The summed E-state index contributed by atoms with van der Waals surface area (Å²) in [4.78, 5) is 20.1. The van der Waals surface area contributed by atoms with Crippen LogP contribution in [0.15, 0.2) is 4.79 Å². The fourth-order valence-electron chi connectivity index (χ4n) is 3.26. The van der Waals surface area contributed by atoms with E-state index in [-0.39, 0.29) is 5.56 Å². The Hall–Kier alpha value is -1.24. The Morgan fingerprint density at radius 3 is 2.83 bits per heavy atom. The molecule has 126 valence electrons. The average Bonchev–Trinajstić information content (AvgIpc) is 2.89. The first kappa shape index (κ1) is 16.6. The second-order valence-corrected chi connectivity index (χ2v) is 7.34. The van der Waals surface area contributed by atoms with Crippen molar-refractivity contribution < 1.29 is 9.47 Å². The number of rotatable bonds is 6. The van der Waals surface area contributed by atoms with E-state index in [1.54, 1.807) is 30.1 Å². The normalized spacial score (nSPS) is 17.6. The molecule has 0 radical (unpaired) electrons. The maximum Gasteiger partial charge on any atom is 0.262 e. The lowest BCUT2D eigenvalue weighted by Gasteiger charge is -2.17. The molecule has 1 aliphatic carbocycles. The first-order chi connectivity index (χ1) is 11.2. The van der Waals surface area contributed by atoms with Crippen molar-refractivity contribution >= 4 is 21.6 Å². The van der Waals surface area contributed by atoms with Crippen LogP contribution in [0.1, 0.15) is 29.6 Å². The monoisotopic (exact) mass is 336 g/mol. The summed E-state index contributed by atoms with van der Waals surface area (Å²) in [5, 5.41) is 0.842. The molecule has 5 nitrogen and oxygen atoms in total. The molecule has 0 aromatic carbocycles. The topological polar surface area (TPSA) is 53.3 Å². The third-order valence-electron chi connectivity index (χ3n) is 4.54. The molecule has 2 aromatic rings. The molecule has 6 heteroatoms. The number of aromatic nitrogens is 2. The molecule has 23 heavy (non-hydrogen) atoms. The molecule has 0 saturated heterocycles. The molecule has 0 amide bonds. The molecule has 2 aromatic heterocycles. The van der Waals surface area contributed by atoms with Gasteiger partial charge in [-0.05, 0) is 30.7 Å². The van der Waals surface area contributed by atoms with Crippen LogP contribution in [0.2, 0.25) is 0 Å². The molecule has 1 aliphatic rings. The maximum atomic E-state index is 13.1. The van der Waals surface area contributed by atoms with Crippen molar-refractivity contribution in [3.63, 3.8) is 0 Å². The van der Waals surface area contributed by atoms with Crippen LogP contribution in [0, 0.1) is 5.92 Å². The van der Waals surface area contributed by atoms with Crippen LogP contribution >= 0.6 is 11.3 Å². The molecule has 0 saturated carbocycles. The van der Waals surface area contributed by atoms with Crippen LogP contribution in [-0.2, 0) is 35.3 Å². The molecular formula is C17H24N2O3S. The number of thiophene rings is 1. The highest BCUT2D eigenvalue weighted by molar-refractivity contribution is 7.18. The Labute approximate surface area is 140 Å². The highest BCUT2D eigenvalue weighted by Crippen LogP contribution is 2.35. The van der Waals surface area contributed by atoms with E-state index in [2.05, 4.69) is 6.92 Å². The smallest absolute Gasteiger partial charge is 0.262 e. The van der Waals surface area contributed by atoms with Crippen molar-refractivity contribution in [2.24, 2.45) is 5.92 Å². The van der Waals surface area contributed by atoms with Gasteiger partial charge in [0.05, 0.1) is 25.1 Å². The summed E-state index contributed by atoms with van der Waals surface area (Å²) >= 11 is 1.70. The van der Waals surface area contributed by atoms with Crippen molar-refractivity contribution in [1.82, 2.24) is 9.55 Å². The van der Waals surface area contributed by atoms with Crippen LogP contribution in [-0.4, -0.2) is 37.0 Å². The van der Waals surface area contributed by atoms with Gasteiger partial charge in [0.25, 0.3) is 5.56 Å². The number of hydrogen-bond donors (Lipinski definition) is 0. The number of nitrogens with zero attached hydrogens (tertiary/aromatic N) is 2. The quantitative estimate of drug-likeness (QED) is 0.813. The fraction of sp³-hybridized carbons (Fsp3) is 0.647. The van der Waals surface area contributed by atoms with Gasteiger partial charge in [-0.2, -0.15) is 0 Å². The summed E-state index contributed by atoms with van der Waals surface area (Å²) in [6.45, 7) is 3.89. The lowest BCUT2D eigenvalue weighted by Crippen LogP contribution is -2.28. The van der Waals surface area contributed by atoms with Crippen LogP contribution in [0.5, 0.6) is 0 Å². The van der Waals surface area contributed by atoms with E-state index in [4.69, 9.17) is 14.5 Å². The van der Waals surface area contributed by atoms with E-state index < -0.39 is 0 Å². The SMILES string of the molecule is COCCc1nc2sc3c(c2c(=O)n1CCOC)CCC(C)C3. The van der Waals surface area contributed by atoms with Crippen LogP contribution in [0.25, 0.3) is 10.2 Å². The molecule has 1 atom stereocenters. The van der Waals surface area contributed by atoms with E-state index in [0.29, 0.717) is 32.1 Å². The Bertz CT molecular complexity index is 750. The van der Waals surface area contributed by atoms with Crippen molar-refractivity contribution in [2.45, 2.75) is 39.2 Å². The van der Waals surface area contributed by atoms with Gasteiger partial charge in [0.1, 0.15) is 10.7 Å². The number of ether oxygens (including phenoxy) is 2. The van der Waals surface area contributed by atoms with Crippen molar-refractivity contribution in [2.75, 3.05) is 27.4 Å². The lowest BCUT2D eigenvalue weighted by molar-refractivity contribution is 0.180. The molecule has 0 fully saturated rings. The minimum Gasteiger partial charge on any atom is -0.384 e. The van der Waals surface area contributed by atoms with Crippen molar-refractivity contribution in [1.29, 1.82) is 0 Å². The van der Waals surface area contributed by atoms with Crippen molar-refractivity contribution in [3.05, 3.63) is 26.6 Å². The Morgan fingerprint density at radius 1 is 1.30 bits per heavy atom. The lowest BCUT2D eigenvalue weighted by atomic mass is 9.89. The van der Waals surface area contributed by atoms with E-state index in [0.717, 1.165) is 35.3 Å². The molecule has 0 bridgehead atoms. The maximum absolute atomic E-state index is 13.1. The Balaban J connectivity index is 2.13. The summed E-state index contributed by atoms with van der Waals surface area (Å²) in [6.07, 6.45) is 3.86. The van der Waals surface area contributed by atoms with E-state index >= 15 is 0 Å². The minimum atomic E-state index is 0.0882. The van der Waals surface area contributed by atoms with Gasteiger partial charge in [-0.1, -0.05) is 6.92 Å². The van der Waals surface area contributed by atoms with Gasteiger partial charge >= 0.3 is 0 Å². The van der Waals surface area contributed by atoms with Gasteiger partial charge < -0.3 is 9.47 Å². The standard InChI is InChI=1S/C17H24N2O3S/c1-11-4-5-12-13(10-11)23-16-15(12)17(20)19(7-9-22-3)14(18-16)6-8-21-2/h11H,4-10H2,1-3H3. The molecule has 3 rings (SSSR count). The second kappa shape index (κ2) is 7.11. The number of fused-ring (bicyclic) bond motifs is 3. The Kier molecular flexibility index (Phi) is 5.14. The fourth-order valence-corrected chi connectivity index (χ4v) is 4.65. The van der Waals surface area contributed by atoms with E-state index in [9.17, 15) is 4.79 Å². The van der Waals surface area contributed by atoms with E-state index in [1.807, 2.05) is 0 Å². The van der Waals surface area contributed by atoms with E-state index in [1.165, 1.54) is 10.4 Å². The van der Waals surface area contributed by atoms with Crippen molar-refractivity contribution in [3.8, 4) is 0 Å². The van der Waals surface area contributed by atoms with Gasteiger partial charge in [-0.25, -0.2) is 4.98 Å². The van der Waals surface area contributed by atoms with Crippen LogP contribution in [0.4, 0.5) is 0 Å². The molecular weight excluding hydrogens is 312 g/mol. The van der Waals surface area contributed by atoms with Crippen LogP contribution in [0.3, 0.4) is 0 Å². The van der Waals surface area contributed by atoms with Gasteiger partial charge in [-0.15, -0.1) is 11.3 Å². The van der Waals surface area contributed by atoms with Gasteiger partial charge in [0.2, 0.25) is 0 Å². The molecule has 2 heterocycles. The summed E-state index contributed by atoms with van der Waals surface area (Å²) in [6, 6.07) is 0. The zero-order valence-corrected chi connectivity index (χ0v) is 14.9. The van der Waals surface area contributed by atoms with Crippen LogP contribution < -0.4 is 5.56 Å². The summed E-state index contributed by atoms with van der Waals surface area (Å²) in [5.74, 6) is 1.49. The average molecular weight is 336 g/mol. The number of aryl methyl sites for hydroxylation is 1. The predicted molar refractivity (Wildman–Crippen MR) is 92.5 cm³/mol. The highest BCUT2D eigenvalue weighted by Gasteiger charge is 2.24. The first-order valence-corrected chi connectivity index (χ1v) is 8.99. The molecule has 0 N–H and O–H groups in total. The first-order valence-electron chi connectivity index (χ1n) is 8.17. The highest BCUT2D eigenvalue weighted by atomic mass is 32.1. The summed E-state index contributed by atoms with van der Waals surface area (Å²) in [7, 11) is 3.32. The summed E-state index contributed by atoms with van der Waals surface area (Å²) < 4.78 is 12.1. The zero-order valence-electron chi connectivity index (χ0n) is 14.1. The Morgan fingerprint density at radius 2 is 2.09 bits per heavy atom. The van der Waals surface area contributed by atoms with Gasteiger partial charge in [-0.3, -0.25) is 9.36 Å². The molecule has 0 aliphatic heterocycles. The predicted octanol–water partition coefficient (Wildman–Crippen LogP) is 2.42. The number of methoxy groups -OCH3 is 2. The third-order valence-corrected chi connectivity index (χ3v) is 5.69. The largest absolute Gasteiger partial charge is 0.384 e. The molecule has 1 unspecified atom stereocenters. The minimum absolute atomic E-state index is 0.0882. The molecule has 0 spiro atoms. The third kappa shape index (κ3) is 3.20. The zero-order chi connectivity index (χ0) is 16.4. The second-order valence-electron chi connectivity index (χ2n) is 6.25. The van der Waals surface area contributed by atoms with Gasteiger partial charge in [0.15, 0.2) is 0 Å². The van der Waals surface area contributed by atoms with Gasteiger partial charge in [0, 0.05) is 25.5 Å².